The molecule has 1 fully saturated rings. The molecule has 0 spiro atoms. The minimum Gasteiger partial charge on any atom is -0.492 e. The molecule has 1 aliphatic rings. The molecule has 0 atom stereocenters. The van der Waals surface area contributed by atoms with Crippen LogP contribution in [-0.4, -0.2) is 55.2 Å². The molecule has 2 aromatic carbocycles. The Morgan fingerprint density at radius 2 is 2.03 bits per heavy atom. The molecule has 1 amide bonds. The van der Waals surface area contributed by atoms with Crippen molar-refractivity contribution in [2.45, 2.75) is 32.4 Å². The maximum absolute atomic E-state index is 12.6. The number of nitrogens with zero attached hydrogens (tertiary/aromatic N) is 2. The van der Waals surface area contributed by atoms with Crippen molar-refractivity contribution in [3.05, 3.63) is 70.7 Å². The van der Waals surface area contributed by atoms with E-state index in [4.69, 9.17) is 9.47 Å². The highest BCUT2D eigenvalue weighted by Gasteiger charge is 2.18. The first-order chi connectivity index (χ1) is 16.1. The van der Waals surface area contributed by atoms with Crippen LogP contribution in [0.25, 0.3) is 10.6 Å². The Hall–Kier alpha value is -2.74. The zero-order chi connectivity index (χ0) is 23.0. The summed E-state index contributed by atoms with van der Waals surface area (Å²) in [5.74, 6) is 0.646. The second kappa shape index (κ2) is 11.4. The van der Waals surface area contributed by atoms with E-state index in [0.29, 0.717) is 24.9 Å². The van der Waals surface area contributed by atoms with Crippen LogP contribution < -0.4 is 10.1 Å². The lowest BCUT2D eigenvalue weighted by Crippen LogP contribution is -2.38. The molecule has 0 unspecified atom stereocenters. The van der Waals surface area contributed by atoms with Crippen LogP contribution in [0.15, 0.2) is 53.9 Å². The summed E-state index contributed by atoms with van der Waals surface area (Å²) in [4.78, 5) is 19.5. The molecule has 6 nitrogen and oxygen atoms in total. The van der Waals surface area contributed by atoms with E-state index in [1.165, 1.54) is 11.3 Å². The molecule has 0 bridgehead atoms. The fraction of sp³-hybridized carbons (Fsp3) is 0.385. The number of nitrogens with one attached hydrogen (secondary N) is 1. The largest absolute Gasteiger partial charge is 0.492 e. The van der Waals surface area contributed by atoms with Crippen molar-refractivity contribution in [2.24, 2.45) is 0 Å². The van der Waals surface area contributed by atoms with Crippen molar-refractivity contribution >= 4 is 17.2 Å². The lowest BCUT2D eigenvalue weighted by atomic mass is 10.1. The average Bonchev–Trinajstić information content (AvgIpc) is 3.34. The van der Waals surface area contributed by atoms with Gasteiger partial charge < -0.3 is 14.8 Å². The monoisotopic (exact) mass is 465 g/mol. The van der Waals surface area contributed by atoms with Gasteiger partial charge in [-0.1, -0.05) is 36.4 Å². The molecule has 0 aliphatic carbocycles. The van der Waals surface area contributed by atoms with Crippen molar-refractivity contribution in [3.8, 4) is 16.3 Å². The number of hydrogen-bond acceptors (Lipinski definition) is 6. The summed E-state index contributed by atoms with van der Waals surface area (Å²) in [5.41, 5.74) is 3.65. The zero-order valence-corrected chi connectivity index (χ0v) is 20.1. The summed E-state index contributed by atoms with van der Waals surface area (Å²) >= 11 is 1.49. The van der Waals surface area contributed by atoms with Crippen LogP contribution in [0.1, 0.15) is 34.5 Å². The minimum atomic E-state index is -0.171. The Morgan fingerprint density at radius 1 is 1.21 bits per heavy atom. The number of carbonyl (C=O) groups is 1. The van der Waals surface area contributed by atoms with Gasteiger partial charge in [-0.05, 0) is 50.1 Å². The maximum Gasteiger partial charge on any atom is 0.271 e. The summed E-state index contributed by atoms with van der Waals surface area (Å²) in [5, 5.41) is 5.64. The van der Waals surface area contributed by atoms with E-state index >= 15 is 0 Å². The van der Waals surface area contributed by atoms with Gasteiger partial charge in [-0.3, -0.25) is 9.69 Å². The Kier molecular flexibility index (Phi) is 8.10. The van der Waals surface area contributed by atoms with E-state index in [1.807, 2.05) is 47.8 Å². The summed E-state index contributed by atoms with van der Waals surface area (Å²) in [7, 11) is 2.15. The second-order valence-corrected chi connectivity index (χ2v) is 9.21. The number of thiazole rings is 1. The number of likely N-dealkylation sites (N-methyl/N-ethyl adjacent to an activating group) is 1. The van der Waals surface area contributed by atoms with E-state index in [-0.39, 0.29) is 5.91 Å². The molecule has 33 heavy (non-hydrogen) atoms. The van der Waals surface area contributed by atoms with Gasteiger partial charge in [0.25, 0.3) is 5.91 Å². The molecule has 7 heteroatoms. The lowest BCUT2D eigenvalue weighted by molar-refractivity contribution is 0.0392. The van der Waals surface area contributed by atoms with Gasteiger partial charge in [0, 0.05) is 43.3 Å². The maximum atomic E-state index is 12.6. The van der Waals surface area contributed by atoms with Crippen LogP contribution in [0, 0.1) is 6.92 Å². The third kappa shape index (κ3) is 6.41. The summed E-state index contributed by atoms with van der Waals surface area (Å²) < 4.78 is 11.4. The van der Waals surface area contributed by atoms with Gasteiger partial charge in [-0.2, -0.15) is 0 Å². The van der Waals surface area contributed by atoms with Crippen molar-refractivity contribution < 1.29 is 14.3 Å². The summed E-state index contributed by atoms with van der Waals surface area (Å²) in [6.07, 6.45) is 2.16. The van der Waals surface area contributed by atoms with Crippen LogP contribution >= 0.6 is 11.3 Å². The molecule has 174 valence electrons. The first-order valence-electron chi connectivity index (χ1n) is 11.4. The fourth-order valence-electron chi connectivity index (χ4n) is 3.95. The predicted molar refractivity (Wildman–Crippen MR) is 132 cm³/mol. The molecule has 4 rings (SSSR count). The molecular weight excluding hydrogens is 434 g/mol. The standard InChI is InChI=1S/C26H31N3O3S/c1-19-6-3-4-9-23(19)26-28-24(18-33-26)25(30)27-17-20-7-5-8-22(16-20)32-15-12-29(2)21-10-13-31-14-11-21/h3-9,16,18,21H,10-15,17H2,1-2H3,(H,27,30). The highest BCUT2D eigenvalue weighted by Crippen LogP contribution is 2.26. The topological polar surface area (TPSA) is 63.7 Å². The van der Waals surface area contributed by atoms with E-state index in [0.717, 1.165) is 60.0 Å². The third-order valence-electron chi connectivity index (χ3n) is 5.99. The molecule has 0 radical (unpaired) electrons. The van der Waals surface area contributed by atoms with Crippen molar-refractivity contribution in [1.29, 1.82) is 0 Å². The SMILES string of the molecule is Cc1ccccc1-c1nc(C(=O)NCc2cccc(OCCN(C)C3CCOCC3)c2)cs1. The van der Waals surface area contributed by atoms with Crippen molar-refractivity contribution in [2.75, 3.05) is 33.4 Å². The Bertz CT molecular complexity index is 1060. The van der Waals surface area contributed by atoms with Crippen LogP contribution in [-0.2, 0) is 11.3 Å². The number of benzene rings is 2. The highest BCUT2D eigenvalue weighted by molar-refractivity contribution is 7.13. The van der Waals surface area contributed by atoms with Gasteiger partial charge in [0.15, 0.2) is 0 Å². The number of aryl methyl sites for hydroxylation is 1. The lowest BCUT2D eigenvalue weighted by Gasteiger charge is -2.31. The molecule has 3 aromatic rings. The number of hydrogen-bond donors (Lipinski definition) is 1. The fourth-order valence-corrected chi connectivity index (χ4v) is 4.84. The first kappa shape index (κ1) is 23.4. The molecule has 0 saturated carbocycles. The zero-order valence-electron chi connectivity index (χ0n) is 19.3. The number of ether oxygens (including phenoxy) is 2. The summed E-state index contributed by atoms with van der Waals surface area (Å²) in [6.45, 7) is 5.67. The number of rotatable bonds is 9. The van der Waals surface area contributed by atoms with Crippen LogP contribution in [0.3, 0.4) is 0 Å². The van der Waals surface area contributed by atoms with Crippen LogP contribution in [0.2, 0.25) is 0 Å². The van der Waals surface area contributed by atoms with Crippen LogP contribution in [0.5, 0.6) is 5.75 Å². The number of aromatic nitrogens is 1. The smallest absolute Gasteiger partial charge is 0.271 e. The molecule has 2 heterocycles. The quantitative estimate of drug-likeness (QED) is 0.503. The Balaban J connectivity index is 1.26. The molecular formula is C26H31N3O3S. The van der Waals surface area contributed by atoms with E-state index in [9.17, 15) is 4.79 Å². The molecule has 1 aliphatic heterocycles. The molecule has 1 aromatic heterocycles. The highest BCUT2D eigenvalue weighted by atomic mass is 32.1. The predicted octanol–water partition coefficient (Wildman–Crippen LogP) is 4.54. The Labute approximate surface area is 199 Å². The van der Waals surface area contributed by atoms with Gasteiger partial charge in [0.2, 0.25) is 0 Å². The van der Waals surface area contributed by atoms with Gasteiger partial charge in [-0.25, -0.2) is 4.98 Å². The second-order valence-electron chi connectivity index (χ2n) is 8.36. The van der Waals surface area contributed by atoms with Crippen LogP contribution in [0.4, 0.5) is 0 Å². The molecule has 1 saturated heterocycles. The van der Waals surface area contributed by atoms with Crippen molar-refractivity contribution in [3.63, 3.8) is 0 Å². The summed E-state index contributed by atoms with van der Waals surface area (Å²) in [6, 6.07) is 16.5. The van der Waals surface area contributed by atoms with E-state index in [1.54, 1.807) is 0 Å². The van der Waals surface area contributed by atoms with Crippen molar-refractivity contribution in [1.82, 2.24) is 15.2 Å². The minimum absolute atomic E-state index is 0.171. The first-order valence-corrected chi connectivity index (χ1v) is 12.3. The van der Waals surface area contributed by atoms with Gasteiger partial charge >= 0.3 is 0 Å². The average molecular weight is 466 g/mol. The Morgan fingerprint density at radius 3 is 2.85 bits per heavy atom. The third-order valence-corrected chi connectivity index (χ3v) is 6.87. The van der Waals surface area contributed by atoms with Gasteiger partial charge in [0.1, 0.15) is 23.1 Å². The normalized spacial score (nSPS) is 14.4. The number of amides is 1. The van der Waals surface area contributed by atoms with E-state index in [2.05, 4.69) is 35.2 Å². The molecule has 1 N–H and O–H groups in total. The number of carbonyl (C=O) groups excluding carboxylic acids is 1. The van der Waals surface area contributed by atoms with Gasteiger partial charge in [-0.15, -0.1) is 11.3 Å². The van der Waals surface area contributed by atoms with E-state index < -0.39 is 0 Å². The van der Waals surface area contributed by atoms with Gasteiger partial charge in [0.05, 0.1) is 0 Å².